The average Bonchev–Trinajstić information content (AvgIpc) is 2.40. The van der Waals surface area contributed by atoms with Crippen LogP contribution in [-0.2, 0) is 0 Å². The van der Waals surface area contributed by atoms with E-state index in [1.54, 1.807) is 0 Å². The topological polar surface area (TPSA) is 100 Å². The number of hydrogen-bond acceptors (Lipinski definition) is 5. The van der Waals surface area contributed by atoms with Crippen LogP contribution in [0.3, 0.4) is 0 Å². The van der Waals surface area contributed by atoms with Crippen LogP contribution < -0.4 is 11.6 Å². The fourth-order valence-corrected chi connectivity index (χ4v) is 0.760. The molecule has 10 heavy (non-hydrogen) atoms. The number of nitrogens with two attached hydrogens (primary N) is 2. The van der Waals surface area contributed by atoms with Gasteiger partial charge in [-0.25, -0.2) is 0 Å². The number of nitrogens with zero attached hydrogens (tertiary/aromatic N) is 5. The largest absolute Gasteiger partial charge is 0.379 e. The minimum absolute atomic E-state index is 0.278. The number of anilines is 1. The maximum absolute atomic E-state index is 5.39. The summed E-state index contributed by atoms with van der Waals surface area (Å²) in [5, 5.41) is 10.9. The molecule has 0 bridgehead atoms. The molecule has 2 aromatic rings. The lowest BCUT2D eigenvalue weighted by molar-refractivity contribution is 0.842. The summed E-state index contributed by atoms with van der Waals surface area (Å²) < 4.78 is 1.40. The highest BCUT2D eigenvalue weighted by molar-refractivity contribution is 5.58. The van der Waals surface area contributed by atoms with Gasteiger partial charge in [0.2, 0.25) is 5.65 Å². The third-order valence-electron chi connectivity index (χ3n) is 1.20. The van der Waals surface area contributed by atoms with E-state index in [9.17, 15) is 0 Å². The summed E-state index contributed by atoms with van der Waals surface area (Å²) in [6.45, 7) is 0. The highest BCUT2D eigenvalue weighted by atomic mass is 15.6. The standard InChI is InChI=1S/C3H5N7/c4-2-3-9(8-7-2)1-6-10(3)5/h1H,4-5H2. The van der Waals surface area contributed by atoms with Crippen molar-refractivity contribution in [2.75, 3.05) is 11.6 Å². The van der Waals surface area contributed by atoms with Crippen LogP contribution in [0.4, 0.5) is 5.82 Å². The van der Waals surface area contributed by atoms with E-state index in [4.69, 9.17) is 11.6 Å². The molecule has 0 amide bonds. The molecule has 0 saturated carbocycles. The lowest BCUT2D eigenvalue weighted by atomic mass is 10.7. The van der Waals surface area contributed by atoms with Crippen LogP contribution >= 0.6 is 0 Å². The molecule has 0 aliphatic heterocycles. The Morgan fingerprint density at radius 3 is 3.00 bits per heavy atom. The van der Waals surface area contributed by atoms with E-state index in [2.05, 4.69) is 15.4 Å². The molecular formula is C3H5N7. The molecule has 7 heteroatoms. The summed E-state index contributed by atoms with van der Waals surface area (Å²) in [5.74, 6) is 5.62. The first kappa shape index (κ1) is 5.03. The van der Waals surface area contributed by atoms with Crippen molar-refractivity contribution in [3.8, 4) is 0 Å². The Balaban J connectivity index is 2.98. The van der Waals surface area contributed by atoms with Crippen molar-refractivity contribution in [1.82, 2.24) is 24.7 Å². The van der Waals surface area contributed by atoms with Gasteiger partial charge >= 0.3 is 0 Å². The number of hydrogen-bond donors (Lipinski definition) is 2. The molecule has 7 nitrogen and oxygen atoms in total. The highest BCUT2D eigenvalue weighted by Crippen LogP contribution is 2.03. The highest BCUT2D eigenvalue weighted by Gasteiger charge is 2.05. The zero-order chi connectivity index (χ0) is 7.14. The van der Waals surface area contributed by atoms with Crippen molar-refractivity contribution in [3.63, 3.8) is 0 Å². The lowest BCUT2D eigenvalue weighted by Crippen LogP contribution is -2.10. The molecule has 0 saturated heterocycles. The normalized spacial score (nSPS) is 10.8. The minimum Gasteiger partial charge on any atom is -0.379 e. The molecule has 2 aromatic heterocycles. The van der Waals surface area contributed by atoms with Gasteiger partial charge in [-0.05, 0) is 0 Å². The SMILES string of the molecule is Nc1nnn2cnn(N)c12. The third-order valence-corrected chi connectivity index (χ3v) is 1.20. The van der Waals surface area contributed by atoms with Gasteiger partial charge in [0.1, 0.15) is 6.33 Å². The molecule has 0 aliphatic rings. The first-order valence-electron chi connectivity index (χ1n) is 2.58. The van der Waals surface area contributed by atoms with E-state index in [-0.39, 0.29) is 5.82 Å². The number of rotatable bonds is 0. The molecule has 52 valence electrons. The quantitative estimate of drug-likeness (QED) is 0.420. The molecule has 0 unspecified atom stereocenters. The van der Waals surface area contributed by atoms with Gasteiger partial charge < -0.3 is 11.6 Å². The van der Waals surface area contributed by atoms with Gasteiger partial charge in [-0.2, -0.15) is 9.31 Å². The Hall–Kier alpha value is -1.79. The van der Waals surface area contributed by atoms with Crippen molar-refractivity contribution < 1.29 is 0 Å². The van der Waals surface area contributed by atoms with E-state index >= 15 is 0 Å². The monoisotopic (exact) mass is 139 g/mol. The zero-order valence-corrected chi connectivity index (χ0v) is 4.97. The smallest absolute Gasteiger partial charge is 0.220 e. The fourth-order valence-electron chi connectivity index (χ4n) is 0.760. The summed E-state index contributed by atoms with van der Waals surface area (Å²) in [5.41, 5.74) is 5.89. The van der Waals surface area contributed by atoms with Crippen molar-refractivity contribution in [3.05, 3.63) is 6.33 Å². The molecule has 0 atom stereocenters. The van der Waals surface area contributed by atoms with Crippen LogP contribution in [0, 0.1) is 0 Å². The van der Waals surface area contributed by atoms with Gasteiger partial charge in [-0.15, -0.1) is 10.2 Å². The maximum Gasteiger partial charge on any atom is 0.220 e. The second kappa shape index (κ2) is 1.38. The Kier molecular flexibility index (Phi) is 0.693. The average molecular weight is 139 g/mol. The molecule has 4 N–H and O–H groups in total. The van der Waals surface area contributed by atoms with Crippen LogP contribution in [0.2, 0.25) is 0 Å². The van der Waals surface area contributed by atoms with Crippen LogP contribution in [0.15, 0.2) is 6.33 Å². The first-order valence-corrected chi connectivity index (χ1v) is 2.58. The van der Waals surface area contributed by atoms with Crippen molar-refractivity contribution >= 4 is 11.5 Å². The molecule has 0 aliphatic carbocycles. The van der Waals surface area contributed by atoms with Crippen LogP contribution in [0.1, 0.15) is 0 Å². The molecular weight excluding hydrogens is 134 g/mol. The molecule has 2 rings (SSSR count). The predicted molar refractivity (Wildman–Crippen MR) is 33.3 cm³/mol. The van der Waals surface area contributed by atoms with Crippen molar-refractivity contribution in [2.24, 2.45) is 0 Å². The Morgan fingerprint density at radius 2 is 2.30 bits per heavy atom. The number of aromatic nitrogens is 5. The van der Waals surface area contributed by atoms with Gasteiger partial charge in [-0.1, -0.05) is 5.21 Å². The fraction of sp³-hybridized carbons (Fsp3) is 0. The number of fused-ring (bicyclic) bond motifs is 1. The van der Waals surface area contributed by atoms with E-state index in [1.807, 2.05) is 0 Å². The summed E-state index contributed by atoms with van der Waals surface area (Å²) >= 11 is 0. The van der Waals surface area contributed by atoms with Gasteiger partial charge in [0, 0.05) is 0 Å². The summed E-state index contributed by atoms with van der Waals surface area (Å²) in [6.07, 6.45) is 1.43. The van der Waals surface area contributed by atoms with E-state index in [1.165, 1.54) is 10.8 Å². The molecule has 0 aromatic carbocycles. The summed E-state index contributed by atoms with van der Waals surface area (Å²) in [7, 11) is 0. The second-order valence-electron chi connectivity index (χ2n) is 1.82. The predicted octanol–water partition coefficient (Wildman–Crippen LogP) is -1.78. The molecule has 0 fully saturated rings. The van der Waals surface area contributed by atoms with E-state index in [0.29, 0.717) is 5.65 Å². The molecule has 0 radical (unpaired) electrons. The Bertz CT molecular complexity index is 324. The molecule has 2 heterocycles. The van der Waals surface area contributed by atoms with Crippen LogP contribution in [-0.4, -0.2) is 24.7 Å². The van der Waals surface area contributed by atoms with Gasteiger partial charge in [0.25, 0.3) is 0 Å². The van der Waals surface area contributed by atoms with E-state index in [0.717, 1.165) is 4.79 Å². The van der Waals surface area contributed by atoms with Crippen molar-refractivity contribution in [2.45, 2.75) is 0 Å². The van der Waals surface area contributed by atoms with E-state index < -0.39 is 0 Å². The van der Waals surface area contributed by atoms with Crippen LogP contribution in [0.25, 0.3) is 5.65 Å². The third kappa shape index (κ3) is 0.413. The van der Waals surface area contributed by atoms with Gasteiger partial charge in [-0.3, -0.25) is 0 Å². The van der Waals surface area contributed by atoms with Gasteiger partial charge in [0.15, 0.2) is 5.82 Å². The first-order chi connectivity index (χ1) is 4.79. The summed E-state index contributed by atoms with van der Waals surface area (Å²) in [4.78, 5) is 1.12. The Labute approximate surface area is 55.2 Å². The van der Waals surface area contributed by atoms with Crippen molar-refractivity contribution in [1.29, 1.82) is 0 Å². The van der Waals surface area contributed by atoms with Gasteiger partial charge in [0.05, 0.1) is 0 Å². The molecule has 0 spiro atoms. The van der Waals surface area contributed by atoms with Crippen LogP contribution in [0.5, 0.6) is 0 Å². The minimum atomic E-state index is 0.278. The maximum atomic E-state index is 5.39. The summed E-state index contributed by atoms with van der Waals surface area (Å²) in [6, 6.07) is 0. The lowest BCUT2D eigenvalue weighted by Gasteiger charge is -1.86. The second-order valence-corrected chi connectivity index (χ2v) is 1.82. The zero-order valence-electron chi connectivity index (χ0n) is 4.97. The Morgan fingerprint density at radius 1 is 1.50 bits per heavy atom. The number of nitrogen functional groups attached to an aromatic ring is 2.